The van der Waals surface area contributed by atoms with Gasteiger partial charge < -0.3 is 5.11 Å². The van der Waals surface area contributed by atoms with E-state index in [-0.39, 0.29) is 6.10 Å². The summed E-state index contributed by atoms with van der Waals surface area (Å²) in [6, 6.07) is 6.05. The van der Waals surface area contributed by atoms with Crippen molar-refractivity contribution in [3.8, 4) is 0 Å². The van der Waals surface area contributed by atoms with E-state index in [0.29, 0.717) is 5.92 Å². The molecule has 1 heterocycles. The smallest absolute Gasteiger partial charge is 0.0580 e. The first-order valence-corrected chi connectivity index (χ1v) is 7.10. The number of nitrogens with zero attached hydrogens (tertiary/aromatic N) is 2. The van der Waals surface area contributed by atoms with Crippen molar-refractivity contribution in [2.75, 3.05) is 13.1 Å². The molecule has 1 aliphatic rings. The van der Waals surface area contributed by atoms with Gasteiger partial charge in [0.05, 0.1) is 11.8 Å². The standard InChI is InChI=1S/C15H24N2O/c1-2-17(12-14-8-5-6-10-16-14)11-13-7-3-4-9-15(13)18/h5-6,8,10,13,15,18H,2-4,7,9,11-12H2,1H3. The van der Waals surface area contributed by atoms with Crippen LogP contribution in [0, 0.1) is 5.92 Å². The summed E-state index contributed by atoms with van der Waals surface area (Å²) in [7, 11) is 0. The highest BCUT2D eigenvalue weighted by molar-refractivity contribution is 5.03. The lowest BCUT2D eigenvalue weighted by atomic mass is 9.86. The summed E-state index contributed by atoms with van der Waals surface area (Å²) in [4.78, 5) is 6.76. The Morgan fingerprint density at radius 3 is 2.83 bits per heavy atom. The third-order valence-corrected chi connectivity index (χ3v) is 3.92. The normalized spacial score (nSPS) is 24.4. The number of aromatic nitrogens is 1. The molecule has 0 spiro atoms. The van der Waals surface area contributed by atoms with Gasteiger partial charge in [-0.15, -0.1) is 0 Å². The van der Waals surface area contributed by atoms with Crippen LogP contribution in [0.1, 0.15) is 38.3 Å². The van der Waals surface area contributed by atoms with Crippen LogP contribution in [-0.2, 0) is 6.54 Å². The van der Waals surface area contributed by atoms with Gasteiger partial charge in [-0.1, -0.05) is 25.8 Å². The van der Waals surface area contributed by atoms with Crippen molar-refractivity contribution in [3.05, 3.63) is 30.1 Å². The Kier molecular flexibility index (Phi) is 5.14. The number of pyridine rings is 1. The van der Waals surface area contributed by atoms with Crippen molar-refractivity contribution >= 4 is 0 Å². The van der Waals surface area contributed by atoms with Gasteiger partial charge in [0.1, 0.15) is 0 Å². The average Bonchev–Trinajstić information content (AvgIpc) is 2.41. The van der Waals surface area contributed by atoms with E-state index >= 15 is 0 Å². The molecule has 3 nitrogen and oxygen atoms in total. The second-order valence-electron chi connectivity index (χ2n) is 5.26. The van der Waals surface area contributed by atoms with Crippen LogP contribution in [0.25, 0.3) is 0 Å². The van der Waals surface area contributed by atoms with E-state index in [0.717, 1.165) is 31.7 Å². The molecular formula is C15H24N2O. The molecule has 100 valence electrons. The first-order chi connectivity index (χ1) is 8.79. The highest BCUT2D eigenvalue weighted by Gasteiger charge is 2.24. The van der Waals surface area contributed by atoms with Crippen LogP contribution in [-0.4, -0.2) is 34.2 Å². The van der Waals surface area contributed by atoms with Crippen LogP contribution >= 0.6 is 0 Å². The Labute approximate surface area is 110 Å². The summed E-state index contributed by atoms with van der Waals surface area (Å²) < 4.78 is 0. The van der Waals surface area contributed by atoms with Gasteiger partial charge in [0.25, 0.3) is 0 Å². The fourth-order valence-electron chi connectivity index (χ4n) is 2.76. The topological polar surface area (TPSA) is 36.4 Å². The monoisotopic (exact) mass is 248 g/mol. The van der Waals surface area contributed by atoms with Crippen molar-refractivity contribution in [3.63, 3.8) is 0 Å². The third kappa shape index (κ3) is 3.79. The lowest BCUT2D eigenvalue weighted by Crippen LogP contribution is -2.36. The summed E-state index contributed by atoms with van der Waals surface area (Å²) >= 11 is 0. The van der Waals surface area contributed by atoms with Gasteiger partial charge in [0, 0.05) is 19.3 Å². The van der Waals surface area contributed by atoms with Gasteiger partial charge in [-0.2, -0.15) is 0 Å². The van der Waals surface area contributed by atoms with Crippen molar-refractivity contribution < 1.29 is 5.11 Å². The SMILES string of the molecule is CCN(Cc1ccccn1)CC1CCCCC1O. The van der Waals surface area contributed by atoms with E-state index in [2.05, 4.69) is 22.9 Å². The highest BCUT2D eigenvalue weighted by Crippen LogP contribution is 2.25. The molecule has 0 saturated heterocycles. The second-order valence-corrected chi connectivity index (χ2v) is 5.26. The molecule has 1 aromatic heterocycles. The number of hydrogen-bond acceptors (Lipinski definition) is 3. The molecule has 2 rings (SSSR count). The van der Waals surface area contributed by atoms with E-state index in [1.807, 2.05) is 18.3 Å². The van der Waals surface area contributed by atoms with Gasteiger partial charge in [-0.3, -0.25) is 9.88 Å². The molecule has 0 aromatic carbocycles. The maximum absolute atomic E-state index is 10.0. The fraction of sp³-hybridized carbons (Fsp3) is 0.667. The predicted octanol–water partition coefficient (Wildman–Crippen LogP) is 2.45. The lowest BCUT2D eigenvalue weighted by Gasteiger charge is -2.32. The molecule has 1 N–H and O–H groups in total. The Morgan fingerprint density at radius 1 is 1.33 bits per heavy atom. The van der Waals surface area contributed by atoms with Crippen LogP contribution in [0.2, 0.25) is 0 Å². The van der Waals surface area contributed by atoms with Crippen LogP contribution in [0.4, 0.5) is 0 Å². The molecule has 2 atom stereocenters. The molecule has 0 aliphatic heterocycles. The van der Waals surface area contributed by atoms with E-state index in [1.54, 1.807) is 0 Å². The third-order valence-electron chi connectivity index (χ3n) is 3.92. The summed E-state index contributed by atoms with van der Waals surface area (Å²) in [5, 5.41) is 10.0. The second kappa shape index (κ2) is 6.86. The van der Waals surface area contributed by atoms with Gasteiger partial charge in [0.15, 0.2) is 0 Å². The molecule has 2 unspecified atom stereocenters. The van der Waals surface area contributed by atoms with Crippen LogP contribution in [0.15, 0.2) is 24.4 Å². The zero-order valence-electron chi connectivity index (χ0n) is 11.3. The Hall–Kier alpha value is -0.930. The van der Waals surface area contributed by atoms with Gasteiger partial charge in [0.2, 0.25) is 0 Å². The van der Waals surface area contributed by atoms with Gasteiger partial charge in [-0.05, 0) is 37.4 Å². The molecule has 1 saturated carbocycles. The Bertz CT molecular complexity index is 342. The number of hydrogen-bond donors (Lipinski definition) is 1. The molecule has 1 aliphatic carbocycles. The van der Waals surface area contributed by atoms with Crippen LogP contribution < -0.4 is 0 Å². The zero-order valence-corrected chi connectivity index (χ0v) is 11.3. The first-order valence-electron chi connectivity index (χ1n) is 7.10. The summed E-state index contributed by atoms with van der Waals surface area (Å²) in [5.74, 6) is 0.447. The van der Waals surface area contributed by atoms with Crippen molar-refractivity contribution in [1.82, 2.24) is 9.88 Å². The van der Waals surface area contributed by atoms with Gasteiger partial charge >= 0.3 is 0 Å². The molecule has 1 aromatic rings. The summed E-state index contributed by atoms with van der Waals surface area (Å²) in [5.41, 5.74) is 1.12. The van der Waals surface area contributed by atoms with E-state index in [4.69, 9.17) is 0 Å². The van der Waals surface area contributed by atoms with E-state index in [1.165, 1.54) is 19.3 Å². The minimum absolute atomic E-state index is 0.100. The minimum Gasteiger partial charge on any atom is -0.393 e. The molecular weight excluding hydrogens is 224 g/mol. The quantitative estimate of drug-likeness (QED) is 0.869. The van der Waals surface area contributed by atoms with Crippen molar-refractivity contribution in [2.45, 2.75) is 45.3 Å². The number of aliphatic hydroxyl groups excluding tert-OH is 1. The minimum atomic E-state index is -0.100. The number of rotatable bonds is 5. The van der Waals surface area contributed by atoms with E-state index in [9.17, 15) is 5.11 Å². The summed E-state index contributed by atoms with van der Waals surface area (Å²) in [6.07, 6.45) is 6.34. The van der Waals surface area contributed by atoms with Gasteiger partial charge in [-0.25, -0.2) is 0 Å². The average molecular weight is 248 g/mol. The predicted molar refractivity (Wildman–Crippen MR) is 73.2 cm³/mol. The Morgan fingerprint density at radius 2 is 2.17 bits per heavy atom. The molecule has 18 heavy (non-hydrogen) atoms. The molecule has 0 bridgehead atoms. The lowest BCUT2D eigenvalue weighted by molar-refractivity contribution is 0.0456. The highest BCUT2D eigenvalue weighted by atomic mass is 16.3. The Balaban J connectivity index is 1.88. The molecule has 3 heteroatoms. The van der Waals surface area contributed by atoms with Crippen molar-refractivity contribution in [1.29, 1.82) is 0 Å². The van der Waals surface area contributed by atoms with Crippen molar-refractivity contribution in [2.24, 2.45) is 5.92 Å². The molecule has 0 amide bonds. The molecule has 0 radical (unpaired) electrons. The maximum atomic E-state index is 10.0. The number of aliphatic hydroxyl groups is 1. The largest absolute Gasteiger partial charge is 0.393 e. The first kappa shape index (κ1) is 13.5. The summed E-state index contributed by atoms with van der Waals surface area (Å²) in [6.45, 7) is 5.08. The molecule has 1 fully saturated rings. The fourth-order valence-corrected chi connectivity index (χ4v) is 2.76. The van der Waals surface area contributed by atoms with Crippen LogP contribution in [0.3, 0.4) is 0 Å². The van der Waals surface area contributed by atoms with E-state index < -0.39 is 0 Å². The zero-order chi connectivity index (χ0) is 12.8. The maximum Gasteiger partial charge on any atom is 0.0580 e. The van der Waals surface area contributed by atoms with Crippen LogP contribution in [0.5, 0.6) is 0 Å².